The van der Waals surface area contributed by atoms with E-state index in [-0.39, 0.29) is 7.43 Å². The van der Waals surface area contributed by atoms with Crippen LogP contribution in [0.4, 0.5) is 0 Å². The Morgan fingerprint density at radius 1 is 0.652 bits per heavy atom. The van der Waals surface area contributed by atoms with Crippen LogP contribution in [0.5, 0.6) is 0 Å². The second kappa shape index (κ2) is 18.4. The molecule has 132 valence electrons. The third kappa shape index (κ3) is 13.7. The first kappa shape index (κ1) is 26.3. The van der Waals surface area contributed by atoms with Gasteiger partial charge in [-0.15, -0.1) is 0 Å². The maximum Gasteiger partial charge on any atom is 0.0428 e. The van der Waals surface area contributed by atoms with E-state index >= 15 is 0 Å². The van der Waals surface area contributed by atoms with Gasteiger partial charge in [0.25, 0.3) is 0 Å². The van der Waals surface area contributed by atoms with Gasteiger partial charge in [0.15, 0.2) is 0 Å². The van der Waals surface area contributed by atoms with E-state index in [1.165, 1.54) is 5.56 Å². The SMILES string of the molecule is C.CC.CC.CC(C)c1ccccc1.CC(C)c1ccccn1. The molecule has 0 aliphatic carbocycles. The number of hydrogen-bond acceptors (Lipinski definition) is 1. The van der Waals surface area contributed by atoms with Gasteiger partial charge in [-0.05, 0) is 29.5 Å². The minimum absolute atomic E-state index is 0. The van der Waals surface area contributed by atoms with Crippen molar-refractivity contribution in [3.05, 3.63) is 66.0 Å². The minimum Gasteiger partial charge on any atom is -0.261 e. The Morgan fingerprint density at radius 2 is 1.13 bits per heavy atom. The number of aromatic nitrogens is 1. The molecule has 0 radical (unpaired) electrons. The fraction of sp³-hybridized carbons (Fsp3) is 0.500. The van der Waals surface area contributed by atoms with Gasteiger partial charge < -0.3 is 0 Å². The maximum atomic E-state index is 4.18. The summed E-state index contributed by atoms with van der Waals surface area (Å²) in [7, 11) is 0. The average molecular weight is 318 g/mol. The van der Waals surface area contributed by atoms with Crippen molar-refractivity contribution in [2.75, 3.05) is 0 Å². The summed E-state index contributed by atoms with van der Waals surface area (Å²) in [5.41, 5.74) is 2.58. The molecule has 0 bridgehead atoms. The van der Waals surface area contributed by atoms with Gasteiger partial charge in [0.1, 0.15) is 0 Å². The molecule has 0 saturated heterocycles. The van der Waals surface area contributed by atoms with Crippen LogP contribution in [0.15, 0.2) is 54.7 Å². The van der Waals surface area contributed by atoms with E-state index in [4.69, 9.17) is 0 Å². The van der Waals surface area contributed by atoms with Crippen LogP contribution < -0.4 is 0 Å². The highest BCUT2D eigenvalue weighted by atomic mass is 14.7. The van der Waals surface area contributed by atoms with Crippen LogP contribution in [-0.4, -0.2) is 4.98 Å². The lowest BCUT2D eigenvalue weighted by molar-refractivity contribution is 0.823. The van der Waals surface area contributed by atoms with Crippen LogP contribution >= 0.6 is 0 Å². The quantitative estimate of drug-likeness (QED) is 0.553. The number of benzene rings is 1. The molecular formula is C22H39N. The molecule has 0 unspecified atom stereocenters. The summed E-state index contributed by atoms with van der Waals surface area (Å²) in [5.74, 6) is 1.21. The Kier molecular flexibility index (Phi) is 21.0. The maximum absolute atomic E-state index is 4.18. The largest absolute Gasteiger partial charge is 0.261 e. The van der Waals surface area contributed by atoms with Gasteiger partial charge in [0.2, 0.25) is 0 Å². The predicted molar refractivity (Wildman–Crippen MR) is 108 cm³/mol. The molecule has 1 aromatic heterocycles. The van der Waals surface area contributed by atoms with Crippen LogP contribution in [0.3, 0.4) is 0 Å². The third-order valence-corrected chi connectivity index (χ3v) is 2.75. The summed E-state index contributed by atoms with van der Waals surface area (Å²) in [6.07, 6.45) is 1.83. The fourth-order valence-corrected chi connectivity index (χ4v) is 1.56. The Morgan fingerprint density at radius 3 is 1.39 bits per heavy atom. The van der Waals surface area contributed by atoms with Crippen molar-refractivity contribution in [2.45, 2.75) is 74.7 Å². The van der Waals surface area contributed by atoms with Crippen LogP contribution in [0, 0.1) is 0 Å². The van der Waals surface area contributed by atoms with Gasteiger partial charge >= 0.3 is 0 Å². The molecule has 0 N–H and O–H groups in total. The lowest BCUT2D eigenvalue weighted by Crippen LogP contribution is -1.88. The number of hydrogen-bond donors (Lipinski definition) is 0. The molecule has 0 amide bonds. The van der Waals surface area contributed by atoms with Crippen molar-refractivity contribution in [1.82, 2.24) is 4.98 Å². The van der Waals surface area contributed by atoms with Crippen molar-refractivity contribution < 1.29 is 0 Å². The zero-order valence-electron chi connectivity index (χ0n) is 15.8. The molecule has 2 aromatic rings. The van der Waals surface area contributed by atoms with E-state index in [1.807, 2.05) is 58.2 Å². The van der Waals surface area contributed by atoms with Crippen LogP contribution in [-0.2, 0) is 0 Å². The van der Waals surface area contributed by atoms with Crippen molar-refractivity contribution in [3.8, 4) is 0 Å². The molecule has 0 atom stereocenters. The summed E-state index contributed by atoms with van der Waals surface area (Å²) >= 11 is 0. The van der Waals surface area contributed by atoms with Gasteiger partial charge in [-0.3, -0.25) is 4.98 Å². The summed E-state index contributed by atoms with van der Waals surface area (Å²) in [4.78, 5) is 4.18. The van der Waals surface area contributed by atoms with E-state index in [0.29, 0.717) is 11.8 Å². The lowest BCUT2D eigenvalue weighted by atomic mass is 10.0. The zero-order valence-corrected chi connectivity index (χ0v) is 15.8. The van der Waals surface area contributed by atoms with E-state index in [0.717, 1.165) is 5.69 Å². The first-order chi connectivity index (χ1) is 10.6. The summed E-state index contributed by atoms with van der Waals surface area (Å²) in [6.45, 7) is 16.7. The monoisotopic (exact) mass is 317 g/mol. The topological polar surface area (TPSA) is 12.9 Å². The van der Waals surface area contributed by atoms with Crippen molar-refractivity contribution >= 4 is 0 Å². The molecule has 2 rings (SSSR count). The van der Waals surface area contributed by atoms with Crippen molar-refractivity contribution in [1.29, 1.82) is 0 Å². The van der Waals surface area contributed by atoms with Gasteiger partial charge in [-0.25, -0.2) is 0 Å². The molecule has 0 saturated carbocycles. The average Bonchev–Trinajstić information content (AvgIpc) is 2.60. The molecule has 0 fully saturated rings. The van der Waals surface area contributed by atoms with Crippen molar-refractivity contribution in [3.63, 3.8) is 0 Å². The van der Waals surface area contributed by atoms with E-state index in [1.54, 1.807) is 0 Å². The number of nitrogens with zero attached hydrogens (tertiary/aromatic N) is 1. The molecule has 1 heterocycles. The molecule has 0 aliphatic rings. The van der Waals surface area contributed by atoms with Crippen molar-refractivity contribution in [2.24, 2.45) is 0 Å². The van der Waals surface area contributed by atoms with E-state index in [9.17, 15) is 0 Å². The van der Waals surface area contributed by atoms with Crippen LogP contribution in [0.25, 0.3) is 0 Å². The Hall–Kier alpha value is -1.63. The Balaban J connectivity index is -0.000000276. The first-order valence-corrected chi connectivity index (χ1v) is 8.57. The van der Waals surface area contributed by atoms with Gasteiger partial charge in [-0.1, -0.05) is 99.2 Å². The Labute approximate surface area is 146 Å². The highest BCUT2D eigenvalue weighted by molar-refractivity contribution is 5.17. The van der Waals surface area contributed by atoms with Gasteiger partial charge in [-0.2, -0.15) is 0 Å². The normalized spacial score (nSPS) is 8.43. The standard InChI is InChI=1S/C9H12.C8H11N.2C2H6.CH4/c1-8(2)9-6-4-3-5-7-9;1-7(2)8-5-3-4-6-9-8;2*1-2;/h3-8H,1-2H3;3-7H,1-2H3;2*1-2H3;1H4. The van der Waals surface area contributed by atoms with E-state index in [2.05, 4.69) is 56.9 Å². The van der Waals surface area contributed by atoms with Gasteiger partial charge in [0, 0.05) is 11.9 Å². The van der Waals surface area contributed by atoms with Crippen LogP contribution in [0.2, 0.25) is 0 Å². The summed E-state index contributed by atoms with van der Waals surface area (Å²) in [6, 6.07) is 16.5. The van der Waals surface area contributed by atoms with E-state index < -0.39 is 0 Å². The molecule has 0 spiro atoms. The second-order valence-corrected chi connectivity index (χ2v) is 4.97. The smallest absolute Gasteiger partial charge is 0.0428 e. The number of pyridine rings is 1. The number of rotatable bonds is 2. The molecule has 1 heteroatoms. The zero-order chi connectivity index (χ0) is 17.4. The first-order valence-electron chi connectivity index (χ1n) is 8.57. The highest BCUT2D eigenvalue weighted by Crippen LogP contribution is 2.11. The molecule has 1 aromatic carbocycles. The third-order valence-electron chi connectivity index (χ3n) is 2.75. The molecular weight excluding hydrogens is 278 g/mol. The summed E-state index contributed by atoms with van der Waals surface area (Å²) < 4.78 is 0. The molecule has 0 aliphatic heterocycles. The Bertz CT molecular complexity index is 375. The molecule has 23 heavy (non-hydrogen) atoms. The lowest BCUT2D eigenvalue weighted by Gasteiger charge is -2.01. The second-order valence-electron chi connectivity index (χ2n) is 4.97. The minimum atomic E-state index is 0. The molecule has 1 nitrogen and oxygen atoms in total. The summed E-state index contributed by atoms with van der Waals surface area (Å²) in [5, 5.41) is 0. The fourth-order valence-electron chi connectivity index (χ4n) is 1.56. The highest BCUT2D eigenvalue weighted by Gasteiger charge is 1.95. The van der Waals surface area contributed by atoms with Gasteiger partial charge in [0.05, 0.1) is 0 Å². The van der Waals surface area contributed by atoms with Crippen LogP contribution in [0.1, 0.15) is 85.9 Å². The predicted octanol–water partition coefficient (Wildman–Crippen LogP) is 7.70.